The highest BCUT2D eigenvalue weighted by molar-refractivity contribution is 7.89. The quantitative estimate of drug-likeness (QED) is 0.362. The molecule has 1 spiro atoms. The van der Waals surface area contributed by atoms with Crippen molar-refractivity contribution in [2.45, 2.75) is 43.2 Å². The monoisotopic (exact) mass is 582 g/mol. The third-order valence-corrected chi connectivity index (χ3v) is 9.80. The predicted molar refractivity (Wildman–Crippen MR) is 146 cm³/mol. The number of aryl methyl sites for hydroxylation is 2. The number of nitrogens with zero attached hydrogens (tertiary/aromatic N) is 4. The molecule has 12 heteroatoms. The van der Waals surface area contributed by atoms with Crippen LogP contribution >= 0.6 is 11.6 Å². The lowest BCUT2D eigenvalue weighted by molar-refractivity contribution is -0.165. The zero-order valence-electron chi connectivity index (χ0n) is 21.9. The van der Waals surface area contributed by atoms with E-state index in [2.05, 4.69) is 10.2 Å². The molecule has 1 N–H and O–H groups in total. The minimum absolute atomic E-state index is 0.0182. The molecule has 2 aliphatic heterocycles. The first kappa shape index (κ1) is 26.7. The van der Waals surface area contributed by atoms with E-state index in [0.29, 0.717) is 27.5 Å². The van der Waals surface area contributed by atoms with Gasteiger partial charge in [-0.05, 0) is 60.4 Å². The SMILES string of the molecule is Cc1c(C(CC(=O)O)c2ccc(Cl)c(CN3CC4(COC4)Oc4ccccc4S3(=O)=O)c2)ccn2c(C)nnc12. The van der Waals surface area contributed by atoms with Crippen molar-refractivity contribution in [2.24, 2.45) is 0 Å². The molecule has 2 aromatic heterocycles. The molecule has 1 fully saturated rings. The number of ether oxygens (including phenoxy) is 2. The van der Waals surface area contributed by atoms with E-state index >= 15 is 0 Å². The average Bonchev–Trinajstić information content (AvgIpc) is 3.24. The number of sulfonamides is 1. The summed E-state index contributed by atoms with van der Waals surface area (Å²) in [5.74, 6) is -0.461. The Morgan fingerprint density at radius 3 is 2.65 bits per heavy atom. The minimum Gasteiger partial charge on any atom is -0.481 e. The van der Waals surface area contributed by atoms with E-state index < -0.39 is 27.5 Å². The number of carbonyl (C=O) groups is 1. The Morgan fingerprint density at radius 1 is 1.15 bits per heavy atom. The number of pyridine rings is 1. The molecule has 0 radical (unpaired) electrons. The molecule has 4 aromatic rings. The van der Waals surface area contributed by atoms with E-state index in [1.807, 2.05) is 30.5 Å². The molecule has 1 unspecified atom stereocenters. The normalized spacial score (nSPS) is 18.5. The molecule has 2 aromatic carbocycles. The molecular formula is C28H27ClN4O6S. The first-order chi connectivity index (χ1) is 19.1. The van der Waals surface area contributed by atoms with Gasteiger partial charge in [0, 0.05) is 23.7 Å². The summed E-state index contributed by atoms with van der Waals surface area (Å²) in [6, 6.07) is 13.7. The number of fused-ring (bicyclic) bond motifs is 2. The first-order valence-corrected chi connectivity index (χ1v) is 14.6. The number of halogens is 1. The summed E-state index contributed by atoms with van der Waals surface area (Å²) in [5, 5.41) is 18.6. The predicted octanol–water partition coefficient (Wildman–Crippen LogP) is 3.96. The third-order valence-electron chi connectivity index (χ3n) is 7.60. The van der Waals surface area contributed by atoms with Crippen LogP contribution in [0.3, 0.4) is 0 Å². The Bertz CT molecular complexity index is 1750. The largest absolute Gasteiger partial charge is 0.481 e. The van der Waals surface area contributed by atoms with E-state index in [4.69, 9.17) is 21.1 Å². The number of carboxylic acid groups (broad SMARTS) is 1. The Kier molecular flexibility index (Phi) is 6.57. The van der Waals surface area contributed by atoms with E-state index in [1.165, 1.54) is 10.4 Å². The van der Waals surface area contributed by atoms with Crippen LogP contribution in [0, 0.1) is 13.8 Å². The zero-order valence-corrected chi connectivity index (χ0v) is 23.4. The van der Waals surface area contributed by atoms with Crippen LogP contribution in [0.15, 0.2) is 59.6 Å². The van der Waals surface area contributed by atoms with Gasteiger partial charge in [-0.2, -0.15) is 4.31 Å². The maximum Gasteiger partial charge on any atom is 0.304 e. The topological polar surface area (TPSA) is 123 Å². The van der Waals surface area contributed by atoms with Gasteiger partial charge in [-0.15, -0.1) is 10.2 Å². The second-order valence-corrected chi connectivity index (χ2v) is 12.6. The van der Waals surface area contributed by atoms with Crippen molar-refractivity contribution in [3.63, 3.8) is 0 Å². The summed E-state index contributed by atoms with van der Waals surface area (Å²) in [5.41, 5.74) is 2.74. The zero-order chi connectivity index (χ0) is 28.2. The number of aromatic nitrogens is 3. The van der Waals surface area contributed by atoms with Crippen molar-refractivity contribution in [3.8, 4) is 5.75 Å². The highest BCUT2D eigenvalue weighted by atomic mass is 35.5. The van der Waals surface area contributed by atoms with Crippen molar-refractivity contribution < 1.29 is 27.8 Å². The average molecular weight is 583 g/mol. The van der Waals surface area contributed by atoms with Crippen molar-refractivity contribution in [2.75, 3.05) is 19.8 Å². The molecule has 1 atom stereocenters. The third kappa shape index (κ3) is 4.52. The molecular weight excluding hydrogens is 556 g/mol. The maximum atomic E-state index is 13.8. The molecule has 0 bridgehead atoms. The lowest BCUT2D eigenvalue weighted by Gasteiger charge is -2.41. The molecule has 2 aliphatic rings. The summed E-state index contributed by atoms with van der Waals surface area (Å²) in [6.45, 7) is 4.35. The van der Waals surface area contributed by atoms with Gasteiger partial charge in [0.1, 0.15) is 16.5 Å². The molecule has 40 heavy (non-hydrogen) atoms. The smallest absolute Gasteiger partial charge is 0.304 e. The number of rotatable bonds is 6. The summed E-state index contributed by atoms with van der Waals surface area (Å²) < 4.78 is 42.4. The fourth-order valence-corrected chi connectivity index (χ4v) is 7.26. The number of benzene rings is 2. The van der Waals surface area contributed by atoms with Gasteiger partial charge in [0.15, 0.2) is 11.2 Å². The van der Waals surface area contributed by atoms with Crippen LogP contribution < -0.4 is 4.74 Å². The van der Waals surface area contributed by atoms with Crippen molar-refractivity contribution in [3.05, 3.63) is 87.8 Å². The Balaban J connectivity index is 1.41. The summed E-state index contributed by atoms with van der Waals surface area (Å²) >= 11 is 6.62. The molecule has 0 aliphatic carbocycles. The van der Waals surface area contributed by atoms with Gasteiger partial charge in [0.05, 0.1) is 26.2 Å². The van der Waals surface area contributed by atoms with Crippen molar-refractivity contribution in [1.82, 2.24) is 18.9 Å². The number of hydrogen-bond donors (Lipinski definition) is 1. The van der Waals surface area contributed by atoms with Crippen LogP contribution in [-0.4, -0.2) is 63.8 Å². The maximum absolute atomic E-state index is 13.8. The Labute approximate surface area is 236 Å². The van der Waals surface area contributed by atoms with Gasteiger partial charge in [0.2, 0.25) is 10.0 Å². The summed E-state index contributed by atoms with van der Waals surface area (Å²) in [4.78, 5) is 12.1. The van der Waals surface area contributed by atoms with Gasteiger partial charge in [-0.1, -0.05) is 35.9 Å². The van der Waals surface area contributed by atoms with Crippen LogP contribution in [0.4, 0.5) is 0 Å². The lowest BCUT2D eigenvalue weighted by atomic mass is 9.86. The standard InChI is InChI=1S/C28H27ClN4O6S/c1-17-21(9-10-33-18(2)30-31-27(17)33)22(12-26(34)35)19-7-8-23(29)20(11-19)13-32-14-28(15-38-16-28)39-24-5-3-4-6-25(24)40(32,36)37/h3-11,22H,12-16H2,1-2H3,(H,34,35). The van der Waals surface area contributed by atoms with Crippen LogP contribution in [0.5, 0.6) is 5.75 Å². The van der Waals surface area contributed by atoms with E-state index in [1.54, 1.807) is 36.4 Å². The first-order valence-electron chi connectivity index (χ1n) is 12.7. The number of hydrogen-bond acceptors (Lipinski definition) is 7. The van der Waals surface area contributed by atoms with Gasteiger partial charge in [-0.3, -0.25) is 9.20 Å². The van der Waals surface area contributed by atoms with E-state index in [0.717, 1.165) is 17.0 Å². The molecule has 208 valence electrons. The lowest BCUT2D eigenvalue weighted by Crippen LogP contribution is -2.60. The minimum atomic E-state index is -3.93. The Morgan fingerprint density at radius 2 is 1.93 bits per heavy atom. The number of para-hydroxylation sites is 1. The summed E-state index contributed by atoms with van der Waals surface area (Å²) in [6.07, 6.45) is 1.66. The van der Waals surface area contributed by atoms with Crippen LogP contribution in [0.1, 0.15) is 40.4 Å². The van der Waals surface area contributed by atoms with Gasteiger partial charge in [-0.25, -0.2) is 8.42 Å². The molecule has 4 heterocycles. The van der Waals surface area contributed by atoms with Gasteiger partial charge < -0.3 is 14.6 Å². The number of carboxylic acids is 1. The summed E-state index contributed by atoms with van der Waals surface area (Å²) in [7, 11) is -3.93. The highest BCUT2D eigenvalue weighted by Gasteiger charge is 2.49. The van der Waals surface area contributed by atoms with E-state index in [9.17, 15) is 18.3 Å². The second kappa shape index (κ2) is 9.84. The van der Waals surface area contributed by atoms with E-state index in [-0.39, 0.29) is 37.6 Å². The molecule has 1 saturated heterocycles. The fraction of sp³-hybridized carbons (Fsp3) is 0.321. The molecule has 10 nitrogen and oxygen atoms in total. The molecule has 6 rings (SSSR count). The molecule has 0 amide bonds. The van der Waals surface area contributed by atoms with Crippen molar-refractivity contribution in [1.29, 1.82) is 0 Å². The van der Waals surface area contributed by atoms with Crippen LogP contribution in [-0.2, 0) is 26.1 Å². The molecule has 0 saturated carbocycles. The van der Waals surface area contributed by atoms with Crippen molar-refractivity contribution >= 4 is 33.2 Å². The van der Waals surface area contributed by atoms with Gasteiger partial charge in [0.25, 0.3) is 0 Å². The fourth-order valence-electron chi connectivity index (χ4n) is 5.47. The second-order valence-electron chi connectivity index (χ2n) is 10.3. The van der Waals surface area contributed by atoms with Crippen LogP contribution in [0.25, 0.3) is 5.65 Å². The Hall–Kier alpha value is -3.51. The van der Waals surface area contributed by atoms with Crippen LogP contribution in [0.2, 0.25) is 5.02 Å². The van der Waals surface area contributed by atoms with Gasteiger partial charge >= 0.3 is 5.97 Å². The number of aliphatic carboxylic acids is 1. The highest BCUT2D eigenvalue weighted by Crippen LogP contribution is 2.39.